The van der Waals surface area contributed by atoms with Crippen molar-refractivity contribution in [3.63, 3.8) is 0 Å². The highest BCUT2D eigenvalue weighted by Crippen LogP contribution is 2.32. The number of carbonyl (C=O) groups is 1. The standard InChI is InChI=1S/C12H13Cl2NO2/c1-3-17-7-6-10(16)15-12-8(2)4-5-9(13)11(12)14/h4-7H,3H2,1-2H3,(H,15,16)/b7-6+. The molecule has 1 amide bonds. The zero-order valence-electron chi connectivity index (χ0n) is 9.59. The molecule has 5 heteroatoms. The molecular formula is C12H13Cl2NO2. The third-order valence-corrected chi connectivity index (χ3v) is 2.84. The molecule has 0 bridgehead atoms. The van der Waals surface area contributed by atoms with E-state index >= 15 is 0 Å². The Kier molecular flexibility index (Phi) is 5.32. The van der Waals surface area contributed by atoms with Gasteiger partial charge in [0.1, 0.15) is 0 Å². The van der Waals surface area contributed by atoms with Crippen LogP contribution in [0.4, 0.5) is 5.69 Å². The first-order valence-electron chi connectivity index (χ1n) is 5.10. The van der Waals surface area contributed by atoms with E-state index in [1.807, 2.05) is 13.8 Å². The third kappa shape index (κ3) is 3.95. The van der Waals surface area contributed by atoms with E-state index in [0.717, 1.165) is 5.56 Å². The third-order valence-electron chi connectivity index (χ3n) is 2.03. The van der Waals surface area contributed by atoms with Gasteiger partial charge in [0.15, 0.2) is 0 Å². The summed E-state index contributed by atoms with van der Waals surface area (Å²) >= 11 is 11.9. The normalized spacial score (nSPS) is 10.6. The smallest absolute Gasteiger partial charge is 0.251 e. The van der Waals surface area contributed by atoms with Crippen LogP contribution in [-0.4, -0.2) is 12.5 Å². The maximum atomic E-state index is 11.5. The first kappa shape index (κ1) is 13.9. The fourth-order valence-electron chi connectivity index (χ4n) is 1.17. The van der Waals surface area contributed by atoms with Gasteiger partial charge in [-0.2, -0.15) is 0 Å². The van der Waals surface area contributed by atoms with Gasteiger partial charge in [0, 0.05) is 6.08 Å². The summed E-state index contributed by atoms with van der Waals surface area (Å²) in [5, 5.41) is 3.40. The van der Waals surface area contributed by atoms with Gasteiger partial charge in [-0.15, -0.1) is 0 Å². The minimum absolute atomic E-state index is 0.314. The van der Waals surface area contributed by atoms with Crippen LogP contribution in [0.5, 0.6) is 0 Å². The molecule has 0 fully saturated rings. The van der Waals surface area contributed by atoms with E-state index < -0.39 is 0 Å². The Hall–Kier alpha value is -1.19. The summed E-state index contributed by atoms with van der Waals surface area (Å²) in [5.74, 6) is -0.314. The number of ether oxygens (including phenoxy) is 1. The van der Waals surface area contributed by atoms with Crippen LogP contribution in [0.25, 0.3) is 0 Å². The molecule has 1 aromatic rings. The van der Waals surface area contributed by atoms with Crippen molar-refractivity contribution in [3.8, 4) is 0 Å². The molecule has 0 aliphatic heterocycles. The highest BCUT2D eigenvalue weighted by atomic mass is 35.5. The quantitative estimate of drug-likeness (QED) is 0.670. The van der Waals surface area contributed by atoms with Crippen LogP contribution >= 0.6 is 23.2 Å². The summed E-state index contributed by atoms with van der Waals surface area (Å²) in [6.45, 7) is 4.19. The number of rotatable bonds is 4. The number of anilines is 1. The van der Waals surface area contributed by atoms with Crippen molar-refractivity contribution in [2.24, 2.45) is 0 Å². The Morgan fingerprint density at radius 3 is 2.82 bits per heavy atom. The molecule has 0 unspecified atom stereocenters. The van der Waals surface area contributed by atoms with Crippen LogP contribution in [0.1, 0.15) is 12.5 Å². The topological polar surface area (TPSA) is 38.3 Å². The van der Waals surface area contributed by atoms with Crippen molar-refractivity contribution in [3.05, 3.63) is 40.1 Å². The second-order valence-electron chi connectivity index (χ2n) is 3.30. The molecule has 17 heavy (non-hydrogen) atoms. The molecule has 1 rings (SSSR count). The van der Waals surface area contributed by atoms with Crippen LogP contribution in [0.15, 0.2) is 24.5 Å². The van der Waals surface area contributed by atoms with E-state index in [1.165, 1.54) is 12.3 Å². The maximum absolute atomic E-state index is 11.5. The van der Waals surface area contributed by atoms with Crippen LogP contribution < -0.4 is 5.32 Å². The molecule has 1 N–H and O–H groups in total. The molecule has 0 saturated carbocycles. The second kappa shape index (κ2) is 6.52. The van der Waals surface area contributed by atoms with E-state index in [2.05, 4.69) is 5.32 Å². The van der Waals surface area contributed by atoms with E-state index in [-0.39, 0.29) is 5.91 Å². The molecule has 3 nitrogen and oxygen atoms in total. The molecule has 0 heterocycles. The molecule has 0 aliphatic carbocycles. The minimum Gasteiger partial charge on any atom is -0.501 e. The summed E-state index contributed by atoms with van der Waals surface area (Å²) in [5.41, 5.74) is 1.36. The number of halogens is 2. The molecule has 1 aromatic carbocycles. The van der Waals surface area contributed by atoms with Crippen LogP contribution in [-0.2, 0) is 9.53 Å². The Morgan fingerprint density at radius 1 is 1.47 bits per heavy atom. The molecule has 0 aliphatic rings. The summed E-state index contributed by atoms with van der Waals surface area (Å²) in [6.07, 6.45) is 2.63. The fourth-order valence-corrected chi connectivity index (χ4v) is 1.59. The molecule has 0 atom stereocenters. The number of hydrogen-bond donors (Lipinski definition) is 1. The van der Waals surface area contributed by atoms with Crippen LogP contribution in [0, 0.1) is 6.92 Å². The van der Waals surface area contributed by atoms with Gasteiger partial charge in [0.25, 0.3) is 5.91 Å². The van der Waals surface area contributed by atoms with E-state index in [9.17, 15) is 4.79 Å². The lowest BCUT2D eigenvalue weighted by Crippen LogP contribution is -2.09. The lowest BCUT2D eigenvalue weighted by molar-refractivity contribution is -0.112. The maximum Gasteiger partial charge on any atom is 0.251 e. The van der Waals surface area contributed by atoms with Crippen molar-refractivity contribution in [1.82, 2.24) is 0 Å². The number of carbonyl (C=O) groups excluding carboxylic acids is 1. The van der Waals surface area contributed by atoms with Gasteiger partial charge in [0.2, 0.25) is 0 Å². The highest BCUT2D eigenvalue weighted by Gasteiger charge is 2.09. The van der Waals surface area contributed by atoms with E-state index in [0.29, 0.717) is 22.3 Å². The molecule has 92 valence electrons. The summed E-state index contributed by atoms with van der Waals surface area (Å²) in [7, 11) is 0. The van der Waals surface area contributed by atoms with Crippen molar-refractivity contribution in [2.45, 2.75) is 13.8 Å². The lowest BCUT2D eigenvalue weighted by atomic mass is 10.2. The zero-order chi connectivity index (χ0) is 12.8. The van der Waals surface area contributed by atoms with Gasteiger partial charge in [-0.1, -0.05) is 29.3 Å². The van der Waals surface area contributed by atoms with Gasteiger partial charge < -0.3 is 10.1 Å². The number of aryl methyl sites for hydroxylation is 1. The first-order valence-corrected chi connectivity index (χ1v) is 5.85. The second-order valence-corrected chi connectivity index (χ2v) is 4.09. The Morgan fingerprint density at radius 2 is 2.18 bits per heavy atom. The lowest BCUT2D eigenvalue weighted by Gasteiger charge is -2.09. The van der Waals surface area contributed by atoms with Gasteiger partial charge in [-0.25, -0.2) is 0 Å². The van der Waals surface area contributed by atoms with Crippen molar-refractivity contribution < 1.29 is 9.53 Å². The Balaban J connectivity index is 2.81. The number of benzene rings is 1. The predicted molar refractivity (Wildman–Crippen MR) is 70.6 cm³/mol. The van der Waals surface area contributed by atoms with E-state index in [4.69, 9.17) is 27.9 Å². The average Bonchev–Trinajstić information content (AvgIpc) is 2.30. The van der Waals surface area contributed by atoms with Gasteiger partial charge >= 0.3 is 0 Å². The Labute approximate surface area is 110 Å². The zero-order valence-corrected chi connectivity index (χ0v) is 11.1. The van der Waals surface area contributed by atoms with Crippen LogP contribution in [0.2, 0.25) is 10.0 Å². The molecule has 0 aromatic heterocycles. The van der Waals surface area contributed by atoms with Crippen molar-refractivity contribution in [2.75, 3.05) is 11.9 Å². The van der Waals surface area contributed by atoms with E-state index in [1.54, 1.807) is 12.1 Å². The minimum atomic E-state index is -0.314. The predicted octanol–water partition coefficient (Wildman–Crippen LogP) is 3.79. The summed E-state index contributed by atoms with van der Waals surface area (Å²) in [6, 6.07) is 3.47. The van der Waals surface area contributed by atoms with Crippen molar-refractivity contribution in [1.29, 1.82) is 0 Å². The number of nitrogens with one attached hydrogen (secondary N) is 1. The number of amides is 1. The fraction of sp³-hybridized carbons (Fsp3) is 0.250. The molecule has 0 saturated heterocycles. The SMILES string of the molecule is CCO/C=C/C(=O)Nc1c(C)ccc(Cl)c1Cl. The van der Waals surface area contributed by atoms with Gasteiger partial charge in [0.05, 0.1) is 28.6 Å². The largest absolute Gasteiger partial charge is 0.501 e. The first-order chi connectivity index (χ1) is 8.06. The average molecular weight is 274 g/mol. The summed E-state index contributed by atoms with van der Waals surface area (Å²) < 4.78 is 4.93. The molecule has 0 radical (unpaired) electrons. The monoisotopic (exact) mass is 273 g/mol. The highest BCUT2D eigenvalue weighted by molar-refractivity contribution is 6.44. The van der Waals surface area contributed by atoms with Gasteiger partial charge in [-0.3, -0.25) is 4.79 Å². The van der Waals surface area contributed by atoms with Crippen molar-refractivity contribution >= 4 is 34.8 Å². The Bertz CT molecular complexity index is 444. The number of hydrogen-bond acceptors (Lipinski definition) is 2. The van der Waals surface area contributed by atoms with Gasteiger partial charge in [-0.05, 0) is 25.5 Å². The molecule has 0 spiro atoms. The molecular weight excluding hydrogens is 261 g/mol. The van der Waals surface area contributed by atoms with Crippen LogP contribution in [0.3, 0.4) is 0 Å². The summed E-state index contributed by atoms with van der Waals surface area (Å²) in [4.78, 5) is 11.5.